The number of carbonyl (C=O) groups excluding carboxylic acids is 1. The number of carbonyl (C=O) groups is 1. The van der Waals surface area contributed by atoms with Crippen LogP contribution in [0, 0.1) is 0 Å². The van der Waals surface area contributed by atoms with Crippen LogP contribution < -0.4 is 0 Å². The van der Waals surface area contributed by atoms with E-state index in [9.17, 15) is 4.79 Å². The first kappa shape index (κ1) is 18.1. The van der Waals surface area contributed by atoms with Gasteiger partial charge < -0.3 is 0 Å². The molecule has 0 aliphatic carbocycles. The number of rotatable bonds is 4. The number of pyridine rings is 2. The van der Waals surface area contributed by atoms with Gasteiger partial charge in [-0.2, -0.15) is 0 Å². The molecule has 0 spiro atoms. The van der Waals surface area contributed by atoms with E-state index in [0.29, 0.717) is 12.1 Å². The molecule has 0 saturated carbocycles. The molecule has 0 amide bonds. The van der Waals surface area contributed by atoms with Crippen molar-refractivity contribution in [3.05, 3.63) is 109 Å². The maximum absolute atomic E-state index is 13.2. The first-order valence-electron chi connectivity index (χ1n) is 9.89. The first-order chi connectivity index (χ1) is 14.8. The maximum atomic E-state index is 13.2. The van der Waals surface area contributed by atoms with Gasteiger partial charge in [0.05, 0.1) is 11.6 Å². The van der Waals surface area contributed by atoms with Crippen molar-refractivity contribution >= 4 is 22.3 Å². The Labute approximate surface area is 174 Å². The summed E-state index contributed by atoms with van der Waals surface area (Å²) in [4.78, 5) is 26.1. The third-order valence-electron chi connectivity index (χ3n) is 5.40. The highest BCUT2D eigenvalue weighted by atomic mass is 16.1. The van der Waals surface area contributed by atoms with E-state index < -0.39 is 0 Å². The molecule has 1 atom stereocenters. The molecule has 2 aromatic carbocycles. The Kier molecular flexibility index (Phi) is 4.74. The van der Waals surface area contributed by atoms with Gasteiger partial charge in [0.2, 0.25) is 0 Å². The maximum Gasteiger partial charge on any atom is 0.188 e. The normalized spacial score (nSPS) is 15.9. The second-order valence-electron chi connectivity index (χ2n) is 7.33. The number of allylic oxidation sites excluding steroid dienone is 1. The Morgan fingerprint density at radius 2 is 1.80 bits per heavy atom. The summed E-state index contributed by atoms with van der Waals surface area (Å²) in [6, 6.07) is 20.2. The number of hydrogen-bond donors (Lipinski definition) is 0. The van der Waals surface area contributed by atoms with Gasteiger partial charge in [-0.05, 0) is 28.1 Å². The minimum absolute atomic E-state index is 0.0366. The Balaban J connectivity index is 1.48. The van der Waals surface area contributed by atoms with E-state index in [0.717, 1.165) is 33.0 Å². The van der Waals surface area contributed by atoms with Gasteiger partial charge >= 0.3 is 0 Å². The van der Waals surface area contributed by atoms with Crippen LogP contribution in [0.4, 0.5) is 0 Å². The van der Waals surface area contributed by atoms with Crippen molar-refractivity contribution in [1.29, 1.82) is 0 Å². The molecule has 1 aliphatic heterocycles. The molecule has 4 heteroatoms. The molecule has 4 nitrogen and oxygen atoms in total. The van der Waals surface area contributed by atoms with Gasteiger partial charge in [0, 0.05) is 48.4 Å². The molecule has 1 aliphatic rings. The van der Waals surface area contributed by atoms with E-state index >= 15 is 0 Å². The summed E-state index contributed by atoms with van der Waals surface area (Å²) in [5.74, 6) is -0.299. The summed E-state index contributed by atoms with van der Waals surface area (Å²) >= 11 is 0. The van der Waals surface area contributed by atoms with Crippen LogP contribution in [0.2, 0.25) is 0 Å². The number of aliphatic imine (C=N–C) groups is 1. The molecule has 0 N–H and O–H groups in total. The van der Waals surface area contributed by atoms with E-state index in [1.54, 1.807) is 18.6 Å². The van der Waals surface area contributed by atoms with Crippen LogP contribution in [0.5, 0.6) is 0 Å². The van der Waals surface area contributed by atoms with Crippen molar-refractivity contribution in [1.82, 2.24) is 9.97 Å². The van der Waals surface area contributed by atoms with E-state index in [-0.39, 0.29) is 11.7 Å². The number of benzene rings is 2. The highest BCUT2D eigenvalue weighted by Gasteiger charge is 2.25. The van der Waals surface area contributed by atoms with E-state index in [1.165, 1.54) is 0 Å². The van der Waals surface area contributed by atoms with Crippen molar-refractivity contribution in [3.8, 4) is 11.1 Å². The van der Waals surface area contributed by atoms with Crippen LogP contribution in [0.15, 0.2) is 103 Å². The zero-order valence-electron chi connectivity index (χ0n) is 16.3. The molecular weight excluding hydrogens is 370 g/mol. The highest BCUT2D eigenvalue weighted by Crippen LogP contribution is 2.31. The lowest BCUT2D eigenvalue weighted by molar-refractivity contribution is -0.113. The molecule has 0 saturated heterocycles. The van der Waals surface area contributed by atoms with Gasteiger partial charge in [0.15, 0.2) is 5.78 Å². The standard InChI is InChI=1S/C26H19N3O/c30-26-23(10-12-29-25(26)13-18-5-4-11-27-15-18)19-7-3-8-20(14-19)24-17-28-16-21-6-1-2-9-22(21)24/h1-12,14-17,23H,13H2. The number of ketones is 1. The topological polar surface area (TPSA) is 55.2 Å². The van der Waals surface area contributed by atoms with Crippen LogP contribution in [-0.2, 0) is 11.2 Å². The van der Waals surface area contributed by atoms with E-state index in [2.05, 4.69) is 39.2 Å². The highest BCUT2D eigenvalue weighted by molar-refractivity contribution is 6.43. The minimum Gasteiger partial charge on any atom is -0.292 e. The van der Waals surface area contributed by atoms with Crippen LogP contribution >= 0.6 is 0 Å². The van der Waals surface area contributed by atoms with E-state index in [1.807, 2.05) is 54.9 Å². The van der Waals surface area contributed by atoms with Gasteiger partial charge in [0.25, 0.3) is 0 Å². The number of aromatic nitrogens is 2. The van der Waals surface area contributed by atoms with Crippen molar-refractivity contribution in [2.24, 2.45) is 4.99 Å². The summed E-state index contributed by atoms with van der Waals surface area (Å²) in [5, 5.41) is 2.24. The molecule has 144 valence electrons. The third-order valence-corrected chi connectivity index (χ3v) is 5.40. The smallest absolute Gasteiger partial charge is 0.188 e. The summed E-state index contributed by atoms with van der Waals surface area (Å²) in [7, 11) is 0. The molecule has 2 aromatic heterocycles. The monoisotopic (exact) mass is 389 g/mol. The molecule has 0 fully saturated rings. The Morgan fingerprint density at radius 1 is 0.867 bits per heavy atom. The molecule has 3 heterocycles. The largest absolute Gasteiger partial charge is 0.292 e. The zero-order valence-corrected chi connectivity index (χ0v) is 16.3. The van der Waals surface area contributed by atoms with Gasteiger partial charge in [-0.25, -0.2) is 0 Å². The fourth-order valence-electron chi connectivity index (χ4n) is 3.89. The van der Waals surface area contributed by atoms with Gasteiger partial charge in [-0.1, -0.05) is 60.7 Å². The molecule has 4 aromatic rings. The Bertz CT molecular complexity index is 1290. The summed E-state index contributed by atoms with van der Waals surface area (Å²) in [6.07, 6.45) is 11.4. The summed E-state index contributed by atoms with van der Waals surface area (Å²) in [5.41, 5.74) is 4.61. The number of Topliss-reactive ketones (excluding diaryl/α,β-unsaturated/α-hetero) is 1. The van der Waals surface area contributed by atoms with Crippen LogP contribution in [0.25, 0.3) is 21.9 Å². The fraction of sp³-hybridized carbons (Fsp3) is 0.0769. The average Bonchev–Trinajstić information content (AvgIpc) is 2.81. The molecule has 5 rings (SSSR count). The predicted molar refractivity (Wildman–Crippen MR) is 119 cm³/mol. The number of hydrogen-bond acceptors (Lipinski definition) is 4. The molecule has 0 bridgehead atoms. The van der Waals surface area contributed by atoms with Crippen LogP contribution in [0.3, 0.4) is 0 Å². The average molecular weight is 389 g/mol. The lowest BCUT2D eigenvalue weighted by Crippen LogP contribution is -2.25. The van der Waals surface area contributed by atoms with Gasteiger partial charge in [-0.3, -0.25) is 19.8 Å². The Morgan fingerprint density at radius 3 is 2.70 bits per heavy atom. The number of fused-ring (bicyclic) bond motifs is 1. The third kappa shape index (κ3) is 3.44. The Hall–Kier alpha value is -3.92. The lowest BCUT2D eigenvalue weighted by atomic mass is 9.87. The molecule has 0 radical (unpaired) electrons. The molecule has 1 unspecified atom stereocenters. The van der Waals surface area contributed by atoms with Crippen molar-refractivity contribution in [3.63, 3.8) is 0 Å². The first-order valence-corrected chi connectivity index (χ1v) is 9.89. The van der Waals surface area contributed by atoms with Crippen molar-refractivity contribution < 1.29 is 4.79 Å². The predicted octanol–water partition coefficient (Wildman–Crippen LogP) is 5.16. The summed E-state index contributed by atoms with van der Waals surface area (Å²) < 4.78 is 0. The van der Waals surface area contributed by atoms with Gasteiger partial charge in [-0.15, -0.1) is 0 Å². The summed E-state index contributed by atoms with van der Waals surface area (Å²) in [6.45, 7) is 0. The minimum atomic E-state index is -0.336. The SMILES string of the molecule is O=C1C(Cc2cccnc2)=NC=CC1c1cccc(-c2cncc3ccccc23)c1. The number of nitrogens with zero attached hydrogens (tertiary/aromatic N) is 3. The zero-order chi connectivity index (χ0) is 20.3. The quantitative estimate of drug-likeness (QED) is 0.484. The van der Waals surface area contributed by atoms with Crippen molar-refractivity contribution in [2.75, 3.05) is 0 Å². The van der Waals surface area contributed by atoms with E-state index in [4.69, 9.17) is 0 Å². The van der Waals surface area contributed by atoms with Crippen molar-refractivity contribution in [2.45, 2.75) is 12.3 Å². The fourth-order valence-corrected chi connectivity index (χ4v) is 3.89. The van der Waals surface area contributed by atoms with Crippen LogP contribution in [-0.4, -0.2) is 21.5 Å². The van der Waals surface area contributed by atoms with Gasteiger partial charge in [0.1, 0.15) is 0 Å². The van der Waals surface area contributed by atoms with Crippen LogP contribution in [0.1, 0.15) is 17.0 Å². The molecule has 30 heavy (non-hydrogen) atoms. The second kappa shape index (κ2) is 7.84. The lowest BCUT2D eigenvalue weighted by Gasteiger charge is -2.18. The second-order valence-corrected chi connectivity index (χ2v) is 7.33. The molecular formula is C26H19N3O.